The van der Waals surface area contributed by atoms with Gasteiger partial charge in [0, 0.05) is 0 Å². The fraction of sp³-hybridized carbons (Fsp3) is 0.286. The molecule has 0 amide bonds. The minimum atomic E-state index is 0.130. The second-order valence-electron chi connectivity index (χ2n) is 10.4. The minimum absolute atomic E-state index is 0.130. The van der Waals surface area contributed by atoms with E-state index in [1.54, 1.807) is 0 Å². The van der Waals surface area contributed by atoms with Gasteiger partial charge in [0.05, 0.1) is 0 Å². The van der Waals surface area contributed by atoms with Crippen LogP contribution in [0.25, 0.3) is 43.1 Å². The van der Waals surface area contributed by atoms with Crippen LogP contribution in [-0.2, 0) is 10.8 Å². The maximum Gasteiger partial charge on any atom is -0.00262 e. The number of rotatable bonds is 0. The lowest BCUT2D eigenvalue weighted by Crippen LogP contribution is -2.11. The Hall–Kier alpha value is -2.60. The van der Waals surface area contributed by atoms with Gasteiger partial charge in [0.1, 0.15) is 0 Å². The zero-order chi connectivity index (χ0) is 19.8. The Kier molecular flexibility index (Phi) is 3.42. The van der Waals surface area contributed by atoms with Crippen molar-refractivity contribution in [2.75, 3.05) is 0 Å². The van der Waals surface area contributed by atoms with Crippen LogP contribution in [0.4, 0.5) is 0 Å². The monoisotopic (exact) mass is 364 g/mol. The largest absolute Gasteiger partial charge is 0.0610 e. The van der Waals surface area contributed by atoms with Crippen molar-refractivity contribution in [3.63, 3.8) is 0 Å². The van der Waals surface area contributed by atoms with Crippen molar-refractivity contribution >= 4 is 43.1 Å². The Morgan fingerprint density at radius 1 is 0.464 bits per heavy atom. The van der Waals surface area contributed by atoms with Crippen LogP contribution in [0.1, 0.15) is 52.7 Å². The molecule has 5 rings (SSSR count). The van der Waals surface area contributed by atoms with Gasteiger partial charge in [0.15, 0.2) is 0 Å². The lowest BCUT2D eigenvalue weighted by Gasteiger charge is -2.24. The van der Waals surface area contributed by atoms with E-state index in [0.29, 0.717) is 0 Å². The van der Waals surface area contributed by atoms with Crippen molar-refractivity contribution in [2.45, 2.75) is 52.4 Å². The molecule has 0 aromatic heterocycles. The van der Waals surface area contributed by atoms with Crippen LogP contribution in [-0.4, -0.2) is 0 Å². The van der Waals surface area contributed by atoms with Crippen LogP contribution >= 0.6 is 0 Å². The smallest absolute Gasteiger partial charge is 0.00262 e. The number of hydrogen-bond donors (Lipinski definition) is 0. The molecule has 0 radical (unpaired) electrons. The molecule has 0 bridgehead atoms. The first-order valence-corrected chi connectivity index (χ1v) is 10.3. The van der Waals surface area contributed by atoms with Gasteiger partial charge in [0.2, 0.25) is 0 Å². The van der Waals surface area contributed by atoms with Gasteiger partial charge >= 0.3 is 0 Å². The van der Waals surface area contributed by atoms with Crippen LogP contribution in [0.15, 0.2) is 60.7 Å². The average Bonchev–Trinajstić information content (AvgIpc) is 2.63. The van der Waals surface area contributed by atoms with E-state index < -0.39 is 0 Å². The summed E-state index contributed by atoms with van der Waals surface area (Å²) < 4.78 is 0. The van der Waals surface area contributed by atoms with Gasteiger partial charge in [-0.2, -0.15) is 0 Å². The summed E-state index contributed by atoms with van der Waals surface area (Å²) in [5, 5.41) is 11.0. The first kappa shape index (κ1) is 17.5. The zero-order valence-electron chi connectivity index (χ0n) is 17.8. The fourth-order valence-corrected chi connectivity index (χ4v) is 4.60. The molecule has 0 saturated carbocycles. The molecule has 0 saturated heterocycles. The molecule has 0 N–H and O–H groups in total. The molecule has 0 fully saturated rings. The molecular weight excluding hydrogens is 336 g/mol. The maximum atomic E-state index is 2.43. The highest BCUT2D eigenvalue weighted by Gasteiger charge is 2.21. The summed E-state index contributed by atoms with van der Waals surface area (Å²) in [5.41, 5.74) is 3.06. The highest BCUT2D eigenvalue weighted by atomic mass is 14.2. The maximum absolute atomic E-state index is 2.43. The summed E-state index contributed by atoms with van der Waals surface area (Å²) in [5.74, 6) is 0. The summed E-state index contributed by atoms with van der Waals surface area (Å²) in [7, 11) is 0. The molecule has 0 heteroatoms. The van der Waals surface area contributed by atoms with E-state index in [4.69, 9.17) is 0 Å². The van der Waals surface area contributed by atoms with Gasteiger partial charge in [-0.25, -0.2) is 0 Å². The molecule has 5 aromatic carbocycles. The average molecular weight is 365 g/mol. The second-order valence-corrected chi connectivity index (χ2v) is 10.4. The van der Waals surface area contributed by atoms with Crippen LogP contribution in [0, 0.1) is 0 Å². The lowest BCUT2D eigenvalue weighted by atomic mass is 9.80. The van der Waals surface area contributed by atoms with Crippen molar-refractivity contribution in [3.05, 3.63) is 71.8 Å². The molecule has 0 nitrogen and oxygen atoms in total. The van der Waals surface area contributed by atoms with Crippen molar-refractivity contribution in [3.8, 4) is 0 Å². The molecule has 0 heterocycles. The van der Waals surface area contributed by atoms with Gasteiger partial charge in [-0.05, 0) is 77.2 Å². The molecule has 0 atom stereocenters. The van der Waals surface area contributed by atoms with Crippen LogP contribution in [0.3, 0.4) is 0 Å². The number of fused-ring (bicyclic) bond motifs is 2. The van der Waals surface area contributed by atoms with Crippen LogP contribution in [0.5, 0.6) is 0 Å². The van der Waals surface area contributed by atoms with Gasteiger partial charge in [-0.1, -0.05) is 90.1 Å². The quantitative estimate of drug-likeness (QED) is 0.191. The molecule has 0 spiro atoms. The summed E-state index contributed by atoms with van der Waals surface area (Å²) in [6.45, 7) is 13.8. The van der Waals surface area contributed by atoms with E-state index in [9.17, 15) is 0 Å². The summed E-state index contributed by atoms with van der Waals surface area (Å²) in [6.07, 6.45) is 0. The second kappa shape index (κ2) is 5.47. The third-order valence-electron chi connectivity index (χ3n) is 6.27. The Balaban J connectivity index is 2.08. The fourth-order valence-electron chi connectivity index (χ4n) is 4.60. The molecule has 28 heavy (non-hydrogen) atoms. The Bertz CT molecular complexity index is 1250. The topological polar surface area (TPSA) is 0 Å². The number of hydrogen-bond acceptors (Lipinski definition) is 0. The normalized spacial score (nSPS) is 13.4. The summed E-state index contributed by atoms with van der Waals surface area (Å²) in [4.78, 5) is 0. The van der Waals surface area contributed by atoms with E-state index in [1.807, 2.05) is 0 Å². The van der Waals surface area contributed by atoms with E-state index in [0.717, 1.165) is 0 Å². The third kappa shape index (κ3) is 2.44. The van der Waals surface area contributed by atoms with E-state index in [1.165, 1.54) is 54.2 Å². The molecule has 0 aliphatic heterocycles. The molecule has 5 aromatic rings. The van der Waals surface area contributed by atoms with Crippen LogP contribution < -0.4 is 0 Å². The lowest BCUT2D eigenvalue weighted by molar-refractivity contribution is 0.591. The highest BCUT2D eigenvalue weighted by molar-refractivity contribution is 6.33. The van der Waals surface area contributed by atoms with Crippen molar-refractivity contribution < 1.29 is 0 Å². The summed E-state index contributed by atoms with van der Waals surface area (Å²) >= 11 is 0. The summed E-state index contributed by atoms with van der Waals surface area (Å²) in [6, 6.07) is 23.2. The SMILES string of the molecule is CC(C)(C)c1cc2cccc3c4cc(C(C)(C)C)cc5cccc(c(c1)c23)c54. The van der Waals surface area contributed by atoms with E-state index >= 15 is 0 Å². The minimum Gasteiger partial charge on any atom is -0.0610 e. The predicted molar refractivity (Wildman–Crippen MR) is 125 cm³/mol. The van der Waals surface area contributed by atoms with Gasteiger partial charge in [-0.15, -0.1) is 0 Å². The molecule has 140 valence electrons. The van der Waals surface area contributed by atoms with E-state index in [2.05, 4.69) is 102 Å². The van der Waals surface area contributed by atoms with Crippen LogP contribution in [0.2, 0.25) is 0 Å². The zero-order valence-corrected chi connectivity index (χ0v) is 17.8. The van der Waals surface area contributed by atoms with Gasteiger partial charge in [-0.3, -0.25) is 0 Å². The number of benzene rings is 5. The van der Waals surface area contributed by atoms with Gasteiger partial charge < -0.3 is 0 Å². The van der Waals surface area contributed by atoms with Crippen molar-refractivity contribution in [2.24, 2.45) is 0 Å². The molecular formula is C28H28. The van der Waals surface area contributed by atoms with Gasteiger partial charge in [0.25, 0.3) is 0 Å². The molecule has 0 unspecified atom stereocenters. The van der Waals surface area contributed by atoms with Crippen molar-refractivity contribution in [1.82, 2.24) is 0 Å². The Morgan fingerprint density at radius 2 is 0.857 bits per heavy atom. The first-order chi connectivity index (χ1) is 13.1. The molecule has 0 aliphatic rings. The Morgan fingerprint density at radius 3 is 1.21 bits per heavy atom. The Labute approximate surface area is 167 Å². The molecule has 0 aliphatic carbocycles. The first-order valence-electron chi connectivity index (χ1n) is 10.3. The van der Waals surface area contributed by atoms with Crippen molar-refractivity contribution in [1.29, 1.82) is 0 Å². The van der Waals surface area contributed by atoms with E-state index in [-0.39, 0.29) is 10.8 Å². The third-order valence-corrected chi connectivity index (χ3v) is 6.27. The predicted octanol–water partition coefficient (Wildman–Crippen LogP) is 8.33. The highest BCUT2D eigenvalue weighted by Crippen LogP contribution is 2.43. The standard InChI is InChI=1S/C28H28/c1-27(2,3)19-13-17-9-7-12-22-24-16-20(28(4,5)6)14-18-10-8-11-21(26(18)24)23(15-19)25(17)22/h7-16H,1-6H3.